The molecule has 0 aliphatic rings. The molecule has 0 aliphatic carbocycles. The first kappa shape index (κ1) is 20.3. The van der Waals surface area contributed by atoms with Gasteiger partial charge in [0.05, 0.1) is 23.0 Å². The molecule has 5 rings (SSSR count). The van der Waals surface area contributed by atoms with E-state index in [1.807, 2.05) is 35.8 Å². The second kappa shape index (κ2) is 8.16. The summed E-state index contributed by atoms with van der Waals surface area (Å²) in [6.07, 6.45) is 2.36. The van der Waals surface area contributed by atoms with Crippen LogP contribution in [0.3, 0.4) is 0 Å². The zero-order valence-corrected chi connectivity index (χ0v) is 18.5. The Hall–Kier alpha value is -3.58. The van der Waals surface area contributed by atoms with E-state index in [0.29, 0.717) is 42.0 Å². The van der Waals surface area contributed by atoms with Crippen molar-refractivity contribution in [3.63, 3.8) is 0 Å². The molecule has 0 radical (unpaired) electrons. The fourth-order valence-electron chi connectivity index (χ4n) is 4.10. The van der Waals surface area contributed by atoms with Crippen LogP contribution in [0.5, 0.6) is 0 Å². The monoisotopic (exact) mass is 427 g/mol. The average Bonchev–Trinajstić information content (AvgIpc) is 3.11. The van der Waals surface area contributed by atoms with Gasteiger partial charge >= 0.3 is 0 Å². The van der Waals surface area contributed by atoms with Gasteiger partial charge in [-0.15, -0.1) is 0 Å². The zero-order chi connectivity index (χ0) is 22.2. The van der Waals surface area contributed by atoms with Crippen molar-refractivity contribution < 1.29 is 4.74 Å². The Bertz CT molecular complexity index is 1520. The number of fused-ring (bicyclic) bond motifs is 4. The summed E-state index contributed by atoms with van der Waals surface area (Å²) < 4.78 is 9.04. The van der Waals surface area contributed by atoms with E-state index in [-0.39, 0.29) is 5.56 Å². The predicted octanol–water partition coefficient (Wildman–Crippen LogP) is 4.33. The van der Waals surface area contributed by atoms with E-state index in [0.717, 1.165) is 34.3 Å². The minimum absolute atomic E-state index is 0.106. The lowest BCUT2D eigenvalue weighted by Crippen LogP contribution is -2.21. The van der Waals surface area contributed by atoms with Crippen LogP contribution in [-0.2, 0) is 11.3 Å². The number of aromatic nitrogens is 5. The molecule has 0 amide bonds. The lowest BCUT2D eigenvalue weighted by Gasteiger charge is -2.11. The fraction of sp³-hybridized carbons (Fsp3) is 0.280. The van der Waals surface area contributed by atoms with Crippen LogP contribution in [0.25, 0.3) is 38.9 Å². The molecule has 0 atom stereocenters. The van der Waals surface area contributed by atoms with Crippen LogP contribution in [0, 0.1) is 13.8 Å². The zero-order valence-electron chi connectivity index (χ0n) is 18.5. The Balaban J connectivity index is 1.83. The lowest BCUT2D eigenvalue weighted by molar-refractivity contribution is 0.141. The molecule has 7 heteroatoms. The van der Waals surface area contributed by atoms with Gasteiger partial charge in [-0.25, -0.2) is 15.0 Å². The van der Waals surface area contributed by atoms with Crippen molar-refractivity contribution in [2.24, 2.45) is 0 Å². The van der Waals surface area contributed by atoms with Crippen molar-refractivity contribution in [3.05, 3.63) is 70.3 Å². The third-order valence-corrected chi connectivity index (χ3v) is 5.73. The number of nitrogens with zero attached hydrogens (tertiary/aromatic N) is 5. The van der Waals surface area contributed by atoms with Gasteiger partial charge in [-0.1, -0.05) is 24.3 Å². The van der Waals surface area contributed by atoms with E-state index in [2.05, 4.69) is 32.0 Å². The summed E-state index contributed by atoms with van der Waals surface area (Å²) in [5, 5.41) is 0.498. The molecule has 0 unspecified atom stereocenters. The molecule has 0 fully saturated rings. The predicted molar refractivity (Wildman–Crippen MR) is 127 cm³/mol. The van der Waals surface area contributed by atoms with Crippen molar-refractivity contribution in [3.8, 4) is 5.69 Å². The van der Waals surface area contributed by atoms with Crippen molar-refractivity contribution in [2.75, 3.05) is 13.2 Å². The Morgan fingerprint density at radius 1 is 1.00 bits per heavy atom. The number of para-hydroxylation sites is 2. The molecule has 0 saturated carbocycles. The highest BCUT2D eigenvalue weighted by molar-refractivity contribution is 6.05. The number of hydrogen-bond donors (Lipinski definition) is 0. The van der Waals surface area contributed by atoms with E-state index in [4.69, 9.17) is 19.7 Å². The van der Waals surface area contributed by atoms with Crippen molar-refractivity contribution >= 4 is 33.2 Å². The number of benzene rings is 2. The van der Waals surface area contributed by atoms with Gasteiger partial charge in [0.1, 0.15) is 10.9 Å². The van der Waals surface area contributed by atoms with Gasteiger partial charge in [-0.2, -0.15) is 0 Å². The summed E-state index contributed by atoms with van der Waals surface area (Å²) in [5.74, 6) is 0. The van der Waals surface area contributed by atoms with Crippen LogP contribution >= 0.6 is 0 Å². The van der Waals surface area contributed by atoms with Crippen LogP contribution in [0.1, 0.15) is 24.5 Å². The quantitative estimate of drug-likeness (QED) is 0.377. The summed E-state index contributed by atoms with van der Waals surface area (Å²) in [7, 11) is 0. The first-order valence-corrected chi connectivity index (χ1v) is 10.9. The van der Waals surface area contributed by atoms with Crippen LogP contribution in [-0.4, -0.2) is 37.3 Å². The standard InChI is InChI=1S/C25H25N5O2/c1-4-32-13-7-12-29-15-26-23-21(25(29)31)22-24(28-19-9-6-5-8-18(19)27-22)30(23)20-14-16(2)10-11-17(20)3/h5-6,8-11,14-15H,4,7,12-13H2,1-3H3. The molecule has 0 N–H and O–H groups in total. The number of rotatable bonds is 6. The van der Waals surface area contributed by atoms with Crippen LogP contribution in [0.15, 0.2) is 53.6 Å². The minimum Gasteiger partial charge on any atom is -0.382 e. The van der Waals surface area contributed by atoms with Gasteiger partial charge < -0.3 is 4.74 Å². The second-order valence-corrected chi connectivity index (χ2v) is 8.00. The molecule has 3 heterocycles. The lowest BCUT2D eigenvalue weighted by atomic mass is 10.1. The number of ether oxygens (including phenoxy) is 1. The molecule has 0 aliphatic heterocycles. The van der Waals surface area contributed by atoms with Crippen molar-refractivity contribution in [2.45, 2.75) is 33.7 Å². The first-order chi connectivity index (χ1) is 15.6. The van der Waals surface area contributed by atoms with Crippen LogP contribution < -0.4 is 5.56 Å². The molecule has 32 heavy (non-hydrogen) atoms. The van der Waals surface area contributed by atoms with Gasteiger partial charge in [0.2, 0.25) is 0 Å². The van der Waals surface area contributed by atoms with Crippen molar-refractivity contribution in [1.82, 2.24) is 24.1 Å². The molecule has 162 valence electrons. The van der Waals surface area contributed by atoms with Crippen LogP contribution in [0.2, 0.25) is 0 Å². The maximum Gasteiger partial charge on any atom is 0.265 e. The number of hydrogen-bond acceptors (Lipinski definition) is 5. The smallest absolute Gasteiger partial charge is 0.265 e. The van der Waals surface area contributed by atoms with Gasteiger partial charge in [0.25, 0.3) is 5.56 Å². The van der Waals surface area contributed by atoms with Gasteiger partial charge in [-0.05, 0) is 56.5 Å². The first-order valence-electron chi connectivity index (χ1n) is 10.9. The third kappa shape index (κ3) is 3.35. The van der Waals surface area contributed by atoms with E-state index in [1.165, 1.54) is 0 Å². The summed E-state index contributed by atoms with van der Waals surface area (Å²) >= 11 is 0. The normalized spacial score (nSPS) is 11.7. The molecule has 0 saturated heterocycles. The summed E-state index contributed by atoms with van der Waals surface area (Å²) in [6.45, 7) is 7.88. The Labute approximate surface area is 185 Å². The summed E-state index contributed by atoms with van der Waals surface area (Å²) in [4.78, 5) is 28.0. The van der Waals surface area contributed by atoms with E-state index >= 15 is 0 Å². The highest BCUT2D eigenvalue weighted by Gasteiger charge is 2.21. The van der Waals surface area contributed by atoms with Crippen LogP contribution in [0.4, 0.5) is 0 Å². The van der Waals surface area contributed by atoms with E-state index < -0.39 is 0 Å². The maximum atomic E-state index is 13.5. The SMILES string of the molecule is CCOCCCn1cnc2c(c1=O)c1nc3ccccc3nc1n2-c1cc(C)ccc1C. The third-order valence-electron chi connectivity index (χ3n) is 5.73. The average molecular weight is 428 g/mol. The van der Waals surface area contributed by atoms with Crippen molar-refractivity contribution in [1.29, 1.82) is 0 Å². The molecular weight excluding hydrogens is 402 g/mol. The molecule has 2 aromatic carbocycles. The molecule has 7 nitrogen and oxygen atoms in total. The fourth-order valence-corrected chi connectivity index (χ4v) is 4.10. The second-order valence-electron chi connectivity index (χ2n) is 8.00. The molecule has 5 aromatic rings. The Kier molecular flexibility index (Phi) is 5.19. The van der Waals surface area contributed by atoms with Gasteiger partial charge in [-0.3, -0.25) is 13.9 Å². The van der Waals surface area contributed by atoms with Gasteiger partial charge in [0, 0.05) is 19.8 Å². The molecular formula is C25H25N5O2. The molecule has 0 bridgehead atoms. The highest BCUT2D eigenvalue weighted by Crippen LogP contribution is 2.30. The van der Waals surface area contributed by atoms with E-state index in [1.54, 1.807) is 10.9 Å². The largest absolute Gasteiger partial charge is 0.382 e. The maximum absolute atomic E-state index is 13.5. The summed E-state index contributed by atoms with van der Waals surface area (Å²) in [5.41, 5.74) is 6.39. The topological polar surface area (TPSA) is 74.8 Å². The number of aryl methyl sites for hydroxylation is 3. The Morgan fingerprint density at radius 3 is 2.56 bits per heavy atom. The highest BCUT2D eigenvalue weighted by atomic mass is 16.5. The van der Waals surface area contributed by atoms with E-state index in [9.17, 15) is 4.79 Å². The van der Waals surface area contributed by atoms with Gasteiger partial charge in [0.15, 0.2) is 11.3 Å². The Morgan fingerprint density at radius 2 is 1.78 bits per heavy atom. The summed E-state index contributed by atoms with van der Waals surface area (Å²) in [6, 6.07) is 14.0. The minimum atomic E-state index is -0.106. The molecule has 0 spiro atoms. The molecule has 3 aromatic heterocycles.